The second kappa shape index (κ2) is 12.1. The Hall–Kier alpha value is -4.79. The third-order valence-corrected chi connectivity index (χ3v) is 5.17. The van der Waals surface area contributed by atoms with E-state index in [9.17, 15) is 24.0 Å². The van der Waals surface area contributed by atoms with Crippen LogP contribution in [0.1, 0.15) is 33.2 Å². The number of Topliss-reactive ketones (excluding diaryl/α,β-unsaturated/α-hetero) is 1. The summed E-state index contributed by atoms with van der Waals surface area (Å²) in [4.78, 5) is 61.4. The SMILES string of the molecule is COC(=O)[C@H](Cc1ccccc1)NC(=O)c1ccc(NC(=O)C(=O)c2ccccc2NC(C)=O)cc1. The number of ketones is 1. The Bertz CT molecular complexity index is 1270. The molecule has 0 heterocycles. The van der Waals surface area contributed by atoms with Crippen molar-refractivity contribution >= 4 is 40.8 Å². The van der Waals surface area contributed by atoms with Gasteiger partial charge in [0.2, 0.25) is 5.91 Å². The van der Waals surface area contributed by atoms with E-state index in [1.807, 2.05) is 30.3 Å². The van der Waals surface area contributed by atoms with E-state index >= 15 is 0 Å². The summed E-state index contributed by atoms with van der Waals surface area (Å²) in [5.41, 5.74) is 1.67. The van der Waals surface area contributed by atoms with E-state index in [4.69, 9.17) is 4.74 Å². The molecule has 0 aliphatic heterocycles. The number of amides is 3. The molecule has 0 saturated heterocycles. The second-order valence-corrected chi connectivity index (χ2v) is 7.83. The van der Waals surface area contributed by atoms with Gasteiger partial charge in [0.15, 0.2) is 0 Å². The summed E-state index contributed by atoms with van der Waals surface area (Å²) in [6, 6.07) is 20.3. The lowest BCUT2D eigenvalue weighted by Crippen LogP contribution is -2.43. The van der Waals surface area contributed by atoms with Gasteiger partial charge in [-0.25, -0.2) is 4.79 Å². The number of methoxy groups -OCH3 is 1. The van der Waals surface area contributed by atoms with Crippen molar-refractivity contribution in [3.05, 3.63) is 95.6 Å². The van der Waals surface area contributed by atoms with E-state index < -0.39 is 29.6 Å². The van der Waals surface area contributed by atoms with Crippen molar-refractivity contribution in [3.8, 4) is 0 Å². The molecule has 0 radical (unpaired) electrons. The number of ether oxygens (including phenoxy) is 1. The van der Waals surface area contributed by atoms with E-state index in [2.05, 4.69) is 16.0 Å². The quantitative estimate of drug-likeness (QED) is 0.242. The third kappa shape index (κ3) is 6.86. The fourth-order valence-corrected chi connectivity index (χ4v) is 3.42. The monoisotopic (exact) mass is 487 g/mol. The van der Waals surface area contributed by atoms with Gasteiger partial charge in [-0.15, -0.1) is 0 Å². The molecule has 9 heteroatoms. The molecule has 0 unspecified atom stereocenters. The van der Waals surface area contributed by atoms with Gasteiger partial charge in [0.25, 0.3) is 17.6 Å². The van der Waals surface area contributed by atoms with Crippen molar-refractivity contribution in [2.24, 2.45) is 0 Å². The molecule has 9 nitrogen and oxygen atoms in total. The van der Waals surface area contributed by atoms with E-state index in [0.29, 0.717) is 0 Å². The topological polar surface area (TPSA) is 131 Å². The molecule has 0 aromatic heterocycles. The summed E-state index contributed by atoms with van der Waals surface area (Å²) in [5, 5.41) is 7.66. The Morgan fingerprint density at radius 2 is 1.44 bits per heavy atom. The molecule has 3 aromatic rings. The first-order chi connectivity index (χ1) is 17.3. The molecule has 36 heavy (non-hydrogen) atoms. The number of anilines is 2. The van der Waals surface area contributed by atoms with Crippen LogP contribution in [0.25, 0.3) is 0 Å². The average molecular weight is 488 g/mol. The molecule has 3 amide bonds. The number of hydrogen-bond donors (Lipinski definition) is 3. The lowest BCUT2D eigenvalue weighted by Gasteiger charge is -2.17. The Morgan fingerprint density at radius 1 is 0.806 bits per heavy atom. The molecule has 3 aromatic carbocycles. The highest BCUT2D eigenvalue weighted by Gasteiger charge is 2.23. The number of benzene rings is 3. The molecule has 184 valence electrons. The summed E-state index contributed by atoms with van der Waals surface area (Å²) >= 11 is 0. The van der Waals surface area contributed by atoms with Gasteiger partial charge in [-0.3, -0.25) is 19.2 Å². The van der Waals surface area contributed by atoms with Gasteiger partial charge in [-0.2, -0.15) is 0 Å². The van der Waals surface area contributed by atoms with Crippen LogP contribution < -0.4 is 16.0 Å². The molecule has 0 fully saturated rings. The Labute approximate surface area is 207 Å². The number of rotatable bonds is 9. The molecule has 1 atom stereocenters. The van der Waals surface area contributed by atoms with E-state index in [1.54, 1.807) is 12.1 Å². The number of hydrogen-bond acceptors (Lipinski definition) is 6. The first-order valence-electron chi connectivity index (χ1n) is 11.0. The fourth-order valence-electron chi connectivity index (χ4n) is 3.42. The molecule has 0 aliphatic carbocycles. The fraction of sp³-hybridized carbons (Fsp3) is 0.148. The zero-order valence-electron chi connectivity index (χ0n) is 19.7. The summed E-state index contributed by atoms with van der Waals surface area (Å²) in [6.07, 6.45) is 0.259. The maximum Gasteiger partial charge on any atom is 0.328 e. The summed E-state index contributed by atoms with van der Waals surface area (Å²) in [5.74, 6) is -3.18. The summed E-state index contributed by atoms with van der Waals surface area (Å²) in [6.45, 7) is 1.30. The Morgan fingerprint density at radius 3 is 2.08 bits per heavy atom. The second-order valence-electron chi connectivity index (χ2n) is 7.83. The molecule has 0 aliphatic rings. The zero-order chi connectivity index (χ0) is 26.1. The average Bonchev–Trinajstić information content (AvgIpc) is 2.88. The Balaban J connectivity index is 1.66. The maximum absolute atomic E-state index is 12.7. The van der Waals surface area contributed by atoms with Crippen LogP contribution in [0.3, 0.4) is 0 Å². The Kier molecular flexibility index (Phi) is 8.66. The van der Waals surface area contributed by atoms with Crippen molar-refractivity contribution in [2.75, 3.05) is 17.7 Å². The molecular weight excluding hydrogens is 462 g/mol. The van der Waals surface area contributed by atoms with Crippen LogP contribution in [0.4, 0.5) is 11.4 Å². The summed E-state index contributed by atoms with van der Waals surface area (Å²) in [7, 11) is 1.25. The first-order valence-corrected chi connectivity index (χ1v) is 11.0. The van der Waals surface area contributed by atoms with Crippen molar-refractivity contribution in [3.63, 3.8) is 0 Å². The van der Waals surface area contributed by atoms with Crippen molar-refractivity contribution in [1.82, 2.24) is 5.32 Å². The minimum atomic E-state index is -0.904. The molecule has 0 spiro atoms. The van der Waals surface area contributed by atoms with Crippen LogP contribution in [-0.4, -0.2) is 42.6 Å². The minimum absolute atomic E-state index is 0.0495. The number of nitrogens with one attached hydrogen (secondary N) is 3. The van der Waals surface area contributed by atoms with Gasteiger partial charge in [-0.05, 0) is 42.0 Å². The number of carbonyl (C=O) groups excluding carboxylic acids is 5. The van der Waals surface area contributed by atoms with Gasteiger partial charge in [0.05, 0.1) is 18.4 Å². The lowest BCUT2D eigenvalue weighted by atomic mass is 10.1. The standard InChI is InChI=1S/C27H25N3O6/c1-17(31)28-22-11-7-6-10-21(22)24(32)26(34)29-20-14-12-19(13-15-20)25(33)30-23(27(35)36-2)16-18-8-4-3-5-9-18/h3-15,23H,16H2,1-2H3,(H,28,31)(H,29,34)(H,30,33)/t23-/m0/s1. The third-order valence-electron chi connectivity index (χ3n) is 5.17. The zero-order valence-corrected chi connectivity index (χ0v) is 19.7. The van der Waals surface area contributed by atoms with Crippen LogP contribution in [-0.2, 0) is 25.5 Å². The summed E-state index contributed by atoms with van der Waals surface area (Å²) < 4.78 is 4.82. The molecular formula is C27H25N3O6. The van der Waals surface area contributed by atoms with Crippen LogP contribution in [0, 0.1) is 0 Å². The molecule has 3 N–H and O–H groups in total. The van der Waals surface area contributed by atoms with Gasteiger partial charge >= 0.3 is 5.97 Å². The first kappa shape index (κ1) is 25.8. The highest BCUT2D eigenvalue weighted by atomic mass is 16.5. The molecule has 0 bridgehead atoms. The van der Waals surface area contributed by atoms with Crippen molar-refractivity contribution < 1.29 is 28.7 Å². The van der Waals surface area contributed by atoms with Gasteiger partial charge in [-0.1, -0.05) is 42.5 Å². The van der Waals surface area contributed by atoms with Gasteiger partial charge < -0.3 is 20.7 Å². The largest absolute Gasteiger partial charge is 0.467 e. The number of esters is 1. The normalized spacial score (nSPS) is 11.1. The maximum atomic E-state index is 12.7. The van der Waals surface area contributed by atoms with Crippen LogP contribution >= 0.6 is 0 Å². The predicted octanol–water partition coefficient (Wildman–Crippen LogP) is 2.98. The number of para-hydroxylation sites is 1. The smallest absolute Gasteiger partial charge is 0.328 e. The van der Waals surface area contributed by atoms with E-state index in [1.165, 1.54) is 50.4 Å². The van der Waals surface area contributed by atoms with Gasteiger partial charge in [0.1, 0.15) is 6.04 Å². The van der Waals surface area contributed by atoms with Crippen LogP contribution in [0.5, 0.6) is 0 Å². The van der Waals surface area contributed by atoms with E-state index in [0.717, 1.165) is 5.56 Å². The molecule has 0 saturated carbocycles. The highest BCUT2D eigenvalue weighted by Crippen LogP contribution is 2.17. The number of carbonyl (C=O) groups is 5. The van der Waals surface area contributed by atoms with Crippen molar-refractivity contribution in [2.45, 2.75) is 19.4 Å². The van der Waals surface area contributed by atoms with E-state index in [-0.39, 0.29) is 34.8 Å². The van der Waals surface area contributed by atoms with Crippen LogP contribution in [0.15, 0.2) is 78.9 Å². The van der Waals surface area contributed by atoms with Crippen molar-refractivity contribution in [1.29, 1.82) is 0 Å². The highest BCUT2D eigenvalue weighted by molar-refractivity contribution is 6.47. The predicted molar refractivity (Wildman–Crippen MR) is 134 cm³/mol. The lowest BCUT2D eigenvalue weighted by molar-refractivity contribution is -0.142. The van der Waals surface area contributed by atoms with Gasteiger partial charge in [0, 0.05) is 24.6 Å². The minimum Gasteiger partial charge on any atom is -0.467 e. The molecule has 3 rings (SSSR count). The van der Waals surface area contributed by atoms with Crippen LogP contribution in [0.2, 0.25) is 0 Å².